The zero-order valence-corrected chi connectivity index (χ0v) is 66.4. The minimum Gasteiger partial charge on any atom is -0.370 e. The summed E-state index contributed by atoms with van der Waals surface area (Å²) in [6.45, 7) is 19.3. The zero-order chi connectivity index (χ0) is 83.8. The number of nitrogens with zero attached hydrogens (tertiary/aromatic N) is 4. The van der Waals surface area contributed by atoms with Gasteiger partial charge in [-0.15, -0.1) is 0 Å². The largest absolute Gasteiger partial charge is 0.370 e. The van der Waals surface area contributed by atoms with Gasteiger partial charge in [0.25, 0.3) is 0 Å². The van der Waals surface area contributed by atoms with Crippen LogP contribution in [0.15, 0.2) is 50.4 Å². The second kappa shape index (κ2) is 50.2. The lowest BCUT2D eigenvalue weighted by molar-refractivity contribution is -0.137. The van der Waals surface area contributed by atoms with Gasteiger partial charge in [-0.05, 0) is 132 Å². The molecule has 34 N–H and O–H groups in total. The number of nitrogens with two attached hydrogens (primary N) is 11. The van der Waals surface area contributed by atoms with Crippen molar-refractivity contribution in [1.82, 2.24) is 63.5 Å². The van der Waals surface area contributed by atoms with Crippen LogP contribution in [-0.2, 0) is 64.0 Å². The third-order valence-electron chi connectivity index (χ3n) is 18.6. The van der Waals surface area contributed by atoms with E-state index in [-0.39, 0.29) is 139 Å². The second-order valence-electron chi connectivity index (χ2n) is 29.1. The maximum absolute atomic E-state index is 15.0. The molecule has 0 bridgehead atoms. The van der Waals surface area contributed by atoms with E-state index in [9.17, 15) is 57.5 Å². The van der Waals surface area contributed by atoms with Crippen molar-refractivity contribution in [1.29, 1.82) is 0 Å². The topological polar surface area (TPSA) is 689 Å². The Kier molecular flexibility index (Phi) is 43.7. The molecule has 1 heterocycles. The van der Waals surface area contributed by atoms with E-state index >= 15 is 0 Å². The Morgan fingerprint density at radius 2 is 0.739 bits per heavy atom. The van der Waals surface area contributed by atoms with Crippen LogP contribution in [0, 0.1) is 29.6 Å². The molecule has 0 spiro atoms. The lowest BCUT2D eigenvalue weighted by Gasteiger charge is -2.30. The molecule has 12 amide bonds. The summed E-state index contributed by atoms with van der Waals surface area (Å²) in [6, 6.07) is -8.24. The van der Waals surface area contributed by atoms with E-state index in [4.69, 9.17) is 63.1 Å². The number of fused-ring (bicyclic) bond motifs is 1. The molecule has 0 unspecified atom stereocenters. The van der Waals surface area contributed by atoms with Gasteiger partial charge in [-0.3, -0.25) is 77.5 Å². The monoisotopic (exact) mass is 1560 g/mol. The summed E-state index contributed by atoms with van der Waals surface area (Å²) in [5.41, 5.74) is 63.3. The number of guanidine groups is 4. The molecule has 14 atom stereocenters. The number of hydrogen-bond acceptors (Lipinski definition) is 18. The van der Waals surface area contributed by atoms with Crippen molar-refractivity contribution < 1.29 is 57.5 Å². The minimum atomic E-state index is -1.45. The van der Waals surface area contributed by atoms with Crippen LogP contribution in [0.1, 0.15) is 172 Å². The number of primary amides is 1. The van der Waals surface area contributed by atoms with E-state index in [0.29, 0.717) is 42.1 Å². The fourth-order valence-corrected chi connectivity index (χ4v) is 11.6. The van der Waals surface area contributed by atoms with E-state index in [1.54, 1.807) is 73.7 Å². The van der Waals surface area contributed by atoms with E-state index < -0.39 is 161 Å². The first-order valence-electron chi connectivity index (χ1n) is 38.1. The van der Waals surface area contributed by atoms with Gasteiger partial charge in [0.05, 0.1) is 6.04 Å². The molecule has 39 nitrogen and oxygen atoms in total. The van der Waals surface area contributed by atoms with Crippen LogP contribution in [0.2, 0.25) is 0 Å². The van der Waals surface area contributed by atoms with Gasteiger partial charge in [-0.25, -0.2) is 0 Å². The van der Waals surface area contributed by atoms with Gasteiger partial charge >= 0.3 is 0 Å². The minimum absolute atomic E-state index is 0.00214. The van der Waals surface area contributed by atoms with Crippen LogP contribution < -0.4 is 122 Å². The van der Waals surface area contributed by atoms with E-state index in [1.807, 2.05) is 26.0 Å². The number of rotatable bonds is 53. The molecule has 0 fully saturated rings. The standard InChI is InChI=1S/C72H129N27O12/c1-12-40(9)55(99-64(107)51(34-37(3)4)95-61(104)49(27-20-32-86-71(80)81)92-65(108)53(74)38(5)6)67(110)94-47(24-16-17-29-73)59(102)89-42(11)58(101)97-54(39(7)8)66(109)93-50(28-21-33-87-72(82)83)62(105)98-56(41(10)13-2)68(111)96-52(35-43-36-88-45-23-15-14-22-44(43)45)63(106)91-48(26-19-31-85-70(78)79)60(103)90-46(57(75)100)25-18-30-84-69(76)77/h14-15,22-23,36-42,46-56,88H,12-13,16-21,24-35,73-74H2,1-11H3,(H2,75,100)(H,89,102)(H,90,103)(H,91,106)(H,92,108)(H,93,109)(H,94,110)(H,95,104)(H,96,111)(H,97,101)(H,98,105)(H,99,107)(H4,76,77,84)(H4,78,79,85)(H4,80,81,86)(H4,82,83,87)/t40-,41-,42-,46-,47-,48-,49-,50-,51-,52-,53-,54-,55-,56-/m0/s1. The fraction of sp³-hybridized carbons (Fsp3) is 0.667. The van der Waals surface area contributed by atoms with Gasteiger partial charge in [0, 0.05) is 49.7 Å². The highest BCUT2D eigenvalue weighted by Crippen LogP contribution is 2.21. The van der Waals surface area contributed by atoms with Gasteiger partial charge in [0.1, 0.15) is 66.5 Å². The van der Waals surface area contributed by atoms with Crippen LogP contribution in [0.4, 0.5) is 0 Å². The third kappa shape index (κ3) is 35.8. The molecule has 0 aliphatic rings. The van der Waals surface area contributed by atoms with Crippen molar-refractivity contribution in [3.8, 4) is 0 Å². The number of aromatic nitrogens is 1. The van der Waals surface area contributed by atoms with E-state index in [1.165, 1.54) is 6.92 Å². The molecule has 624 valence electrons. The van der Waals surface area contributed by atoms with Crippen LogP contribution >= 0.6 is 0 Å². The summed E-state index contributed by atoms with van der Waals surface area (Å²) < 4.78 is 0. The molecule has 0 saturated carbocycles. The fourth-order valence-electron chi connectivity index (χ4n) is 11.6. The van der Waals surface area contributed by atoms with Crippen molar-refractivity contribution in [3.05, 3.63) is 36.0 Å². The van der Waals surface area contributed by atoms with Crippen molar-refractivity contribution in [2.45, 2.75) is 245 Å². The maximum atomic E-state index is 15.0. The SMILES string of the molecule is CC[C@H](C)[C@H](NC(=O)[C@H](CC(C)C)NC(=O)[C@H](CCCN=C(N)N)NC(=O)[C@@H](N)C(C)C)C(=O)N[C@@H](CCCCN)C(=O)N[C@@H](C)C(=O)N[C@H](C(=O)N[C@@H](CCCN=C(N)N)C(=O)N[C@H](C(=O)N[C@@H](Cc1c[nH]c2ccccc12)C(=O)N[C@@H](CCCN=C(N)N)C(=O)N[C@@H](CCCN=C(N)N)C(N)=O)[C@@H](C)CC)C(C)C. The molecule has 111 heavy (non-hydrogen) atoms. The van der Waals surface area contributed by atoms with Gasteiger partial charge in [-0.1, -0.05) is 100 Å². The molecule has 0 saturated heterocycles. The van der Waals surface area contributed by atoms with Crippen LogP contribution in [0.25, 0.3) is 10.9 Å². The Morgan fingerprint density at radius 1 is 0.387 bits per heavy atom. The Hall–Kier alpha value is -10.6. The predicted octanol–water partition coefficient (Wildman–Crippen LogP) is -4.33. The van der Waals surface area contributed by atoms with E-state index in [2.05, 4.69) is 83.4 Å². The summed E-state index contributed by atoms with van der Waals surface area (Å²) in [7, 11) is 0. The summed E-state index contributed by atoms with van der Waals surface area (Å²) in [6.07, 6.45) is 3.80. The molecule has 1 aromatic carbocycles. The van der Waals surface area contributed by atoms with Crippen LogP contribution in [0.3, 0.4) is 0 Å². The number of unbranched alkanes of at least 4 members (excludes halogenated alkanes) is 1. The Balaban J connectivity index is 2.55. The number of carbonyl (C=O) groups excluding carboxylic acids is 12. The molecule has 1 aromatic heterocycles. The number of nitrogens with one attached hydrogen (secondary N) is 12. The third-order valence-corrected chi connectivity index (χ3v) is 18.6. The van der Waals surface area contributed by atoms with Crippen LogP contribution in [0.5, 0.6) is 0 Å². The lowest BCUT2D eigenvalue weighted by atomic mass is 9.96. The summed E-state index contributed by atoms with van der Waals surface area (Å²) >= 11 is 0. The number of aliphatic imine (C=N–C) groups is 4. The number of H-pyrrole nitrogens is 1. The number of hydrogen-bond donors (Lipinski definition) is 23. The zero-order valence-electron chi connectivity index (χ0n) is 66.4. The maximum Gasteiger partial charge on any atom is 0.243 e. The van der Waals surface area contributed by atoms with Gasteiger partial charge in [0.2, 0.25) is 70.9 Å². The molecular weight excluding hydrogens is 1430 g/mol. The number of aromatic amines is 1. The smallest absolute Gasteiger partial charge is 0.243 e. The Bertz CT molecular complexity index is 3470. The normalized spacial score (nSPS) is 15.0. The Morgan fingerprint density at radius 3 is 1.15 bits per heavy atom. The van der Waals surface area contributed by atoms with E-state index in [0.717, 1.165) is 0 Å². The first kappa shape index (κ1) is 96.5. The van der Waals surface area contributed by atoms with Crippen molar-refractivity contribution in [3.63, 3.8) is 0 Å². The second-order valence-corrected chi connectivity index (χ2v) is 29.1. The number of amides is 12. The average molecular weight is 1570 g/mol. The quantitative estimate of drug-likeness (QED) is 0.0169. The molecule has 2 aromatic rings. The number of carbonyl (C=O) groups is 12. The highest BCUT2D eigenvalue weighted by molar-refractivity contribution is 6.00. The highest BCUT2D eigenvalue weighted by Gasteiger charge is 2.39. The molecule has 2 rings (SSSR count). The summed E-state index contributed by atoms with van der Waals surface area (Å²) in [5.74, 6) is -12.5. The van der Waals surface area contributed by atoms with Gasteiger partial charge in [-0.2, -0.15) is 0 Å². The number of benzene rings is 1. The van der Waals surface area contributed by atoms with Gasteiger partial charge < -0.3 is 127 Å². The molecule has 0 aliphatic carbocycles. The summed E-state index contributed by atoms with van der Waals surface area (Å²) in [4.78, 5) is 190. The van der Waals surface area contributed by atoms with Crippen molar-refractivity contribution >= 4 is 106 Å². The van der Waals surface area contributed by atoms with Gasteiger partial charge in [0.15, 0.2) is 23.8 Å². The molecule has 0 aliphatic heterocycles. The van der Waals surface area contributed by atoms with Crippen LogP contribution in [-0.4, -0.2) is 205 Å². The molecular formula is C72H129N27O12. The van der Waals surface area contributed by atoms with Crippen molar-refractivity contribution in [2.75, 3.05) is 32.7 Å². The number of para-hydroxylation sites is 1. The highest BCUT2D eigenvalue weighted by atomic mass is 16.2. The van der Waals surface area contributed by atoms with Crippen molar-refractivity contribution in [2.24, 2.45) is 113 Å². The molecule has 0 radical (unpaired) electrons. The first-order valence-corrected chi connectivity index (χ1v) is 38.1. The Labute approximate surface area is 650 Å². The lowest BCUT2D eigenvalue weighted by Crippen LogP contribution is -2.62. The average Bonchev–Trinajstić information content (AvgIpc) is 1.74. The first-order chi connectivity index (χ1) is 52.3. The summed E-state index contributed by atoms with van der Waals surface area (Å²) in [5, 5.41) is 30.8. The molecule has 39 heteroatoms. The predicted molar refractivity (Wildman–Crippen MR) is 427 cm³/mol.